The zero-order valence-corrected chi connectivity index (χ0v) is 15.3. The average molecular weight is 363 g/mol. The number of aryl methyl sites for hydroxylation is 1. The summed E-state index contributed by atoms with van der Waals surface area (Å²) in [4.78, 5) is 18.8. The van der Waals surface area contributed by atoms with Gasteiger partial charge < -0.3 is 4.74 Å². The first-order valence-electron chi connectivity index (χ1n) is 8.30. The number of nitrogens with zero attached hydrogens (tertiary/aromatic N) is 3. The average Bonchev–Trinajstić information content (AvgIpc) is 3.11. The van der Waals surface area contributed by atoms with Crippen molar-refractivity contribution in [1.29, 1.82) is 0 Å². The molecule has 0 radical (unpaired) electrons. The third kappa shape index (κ3) is 2.99. The van der Waals surface area contributed by atoms with Crippen LogP contribution in [0.15, 0.2) is 58.7 Å². The maximum Gasteiger partial charge on any atom is 0.282 e. The van der Waals surface area contributed by atoms with Gasteiger partial charge in [-0.15, -0.1) is 11.3 Å². The summed E-state index contributed by atoms with van der Waals surface area (Å²) in [5.74, 6) is 0.826. The molecule has 0 aliphatic heterocycles. The first-order valence-corrected chi connectivity index (χ1v) is 9.12. The number of aromatic nitrogens is 2. The molecule has 0 saturated carbocycles. The third-order valence-electron chi connectivity index (χ3n) is 4.24. The lowest BCUT2D eigenvalue weighted by Gasteiger charge is -2.03. The van der Waals surface area contributed by atoms with E-state index in [0.29, 0.717) is 5.39 Å². The molecule has 0 saturated heterocycles. The van der Waals surface area contributed by atoms with E-state index in [2.05, 4.69) is 17.0 Å². The Bertz CT molecular complexity index is 1190. The molecule has 0 amide bonds. The molecule has 4 aromatic rings. The lowest BCUT2D eigenvalue weighted by Crippen LogP contribution is -2.16. The van der Waals surface area contributed by atoms with Gasteiger partial charge in [0.05, 0.1) is 18.7 Å². The van der Waals surface area contributed by atoms with Gasteiger partial charge in [0.2, 0.25) is 0 Å². The number of rotatable bonds is 4. The quantitative estimate of drug-likeness (QED) is 0.514. The molecular formula is C20H17N3O2S. The van der Waals surface area contributed by atoms with Gasteiger partial charge in [-0.05, 0) is 47.0 Å². The van der Waals surface area contributed by atoms with Crippen LogP contribution < -0.4 is 10.3 Å². The van der Waals surface area contributed by atoms with Crippen LogP contribution in [0, 0.1) is 0 Å². The van der Waals surface area contributed by atoms with E-state index in [1.807, 2.05) is 42.5 Å². The van der Waals surface area contributed by atoms with Crippen LogP contribution in [0.4, 0.5) is 0 Å². The Hall–Kier alpha value is -2.99. The van der Waals surface area contributed by atoms with Gasteiger partial charge in [0.1, 0.15) is 16.9 Å². The highest BCUT2D eigenvalue weighted by Crippen LogP contribution is 2.22. The van der Waals surface area contributed by atoms with Crippen molar-refractivity contribution >= 4 is 38.5 Å². The fourth-order valence-electron chi connectivity index (χ4n) is 2.80. The van der Waals surface area contributed by atoms with Crippen LogP contribution in [0.3, 0.4) is 0 Å². The second-order valence-electron chi connectivity index (χ2n) is 5.90. The molecule has 0 unspecified atom stereocenters. The number of fused-ring (bicyclic) bond motifs is 2. The molecule has 130 valence electrons. The minimum Gasteiger partial charge on any atom is -0.497 e. The van der Waals surface area contributed by atoms with Crippen molar-refractivity contribution in [2.45, 2.75) is 13.3 Å². The minimum atomic E-state index is -0.146. The Morgan fingerprint density at radius 2 is 2.00 bits per heavy atom. The van der Waals surface area contributed by atoms with Crippen molar-refractivity contribution in [2.24, 2.45) is 5.10 Å². The number of hydrogen-bond donors (Lipinski definition) is 0. The van der Waals surface area contributed by atoms with Crippen LogP contribution in [0.25, 0.3) is 21.0 Å². The predicted octanol–water partition coefficient (Wildman–Crippen LogP) is 4.06. The molecule has 0 bridgehead atoms. The second-order valence-corrected chi connectivity index (χ2v) is 7.01. The van der Waals surface area contributed by atoms with Gasteiger partial charge in [0.15, 0.2) is 0 Å². The van der Waals surface area contributed by atoms with E-state index in [9.17, 15) is 4.79 Å². The number of ether oxygens (including phenoxy) is 1. The third-order valence-corrected chi connectivity index (χ3v) is 5.42. The van der Waals surface area contributed by atoms with E-state index in [0.717, 1.165) is 38.2 Å². The van der Waals surface area contributed by atoms with Crippen LogP contribution in [0.5, 0.6) is 5.75 Å². The first kappa shape index (κ1) is 16.5. The number of thiophene rings is 1. The van der Waals surface area contributed by atoms with Gasteiger partial charge in [-0.2, -0.15) is 9.78 Å². The molecule has 6 heteroatoms. The molecule has 2 aromatic carbocycles. The molecule has 2 aromatic heterocycles. The summed E-state index contributed by atoms with van der Waals surface area (Å²) in [5.41, 5.74) is 0.766. The van der Waals surface area contributed by atoms with E-state index in [4.69, 9.17) is 4.74 Å². The standard InChI is InChI=1S/C20H17N3O2S/c1-3-17-10-18-19(26-17)21-12-23(20(18)24)22-11-13-4-5-15-9-16(25-2)7-6-14(15)8-13/h4-12H,3H2,1-2H3/b22-11-. The lowest BCUT2D eigenvalue weighted by molar-refractivity contribution is 0.415. The normalized spacial score (nSPS) is 11.6. The van der Waals surface area contributed by atoms with Crippen molar-refractivity contribution < 1.29 is 4.74 Å². The van der Waals surface area contributed by atoms with Gasteiger partial charge in [-0.1, -0.05) is 25.1 Å². The Kier molecular flexibility index (Phi) is 4.26. The fraction of sp³-hybridized carbons (Fsp3) is 0.150. The van der Waals surface area contributed by atoms with Crippen molar-refractivity contribution in [2.75, 3.05) is 7.11 Å². The molecule has 26 heavy (non-hydrogen) atoms. The first-order chi connectivity index (χ1) is 12.7. The predicted molar refractivity (Wildman–Crippen MR) is 107 cm³/mol. The van der Waals surface area contributed by atoms with Crippen LogP contribution in [-0.2, 0) is 6.42 Å². The highest BCUT2D eigenvalue weighted by Gasteiger charge is 2.07. The minimum absolute atomic E-state index is 0.146. The zero-order chi connectivity index (χ0) is 18.1. The lowest BCUT2D eigenvalue weighted by atomic mass is 10.1. The summed E-state index contributed by atoms with van der Waals surface area (Å²) in [6.07, 6.45) is 4.04. The van der Waals surface area contributed by atoms with Crippen molar-refractivity contribution in [3.63, 3.8) is 0 Å². The fourth-order valence-corrected chi connectivity index (χ4v) is 3.72. The highest BCUT2D eigenvalue weighted by molar-refractivity contribution is 7.18. The molecule has 0 aliphatic rings. The summed E-state index contributed by atoms with van der Waals surface area (Å²) in [5, 5.41) is 7.09. The van der Waals surface area contributed by atoms with E-state index in [1.54, 1.807) is 24.7 Å². The monoisotopic (exact) mass is 363 g/mol. The van der Waals surface area contributed by atoms with E-state index in [-0.39, 0.29) is 5.56 Å². The highest BCUT2D eigenvalue weighted by atomic mass is 32.1. The molecule has 0 atom stereocenters. The van der Waals surface area contributed by atoms with Crippen LogP contribution in [0.2, 0.25) is 0 Å². The van der Waals surface area contributed by atoms with Gasteiger partial charge in [0, 0.05) is 4.88 Å². The summed E-state index contributed by atoms with van der Waals surface area (Å²) < 4.78 is 6.53. The Morgan fingerprint density at radius 1 is 1.19 bits per heavy atom. The molecule has 5 nitrogen and oxygen atoms in total. The van der Waals surface area contributed by atoms with Gasteiger partial charge in [-0.3, -0.25) is 4.79 Å². The maximum absolute atomic E-state index is 12.6. The molecular weight excluding hydrogens is 346 g/mol. The largest absolute Gasteiger partial charge is 0.497 e. The Labute approximate surface area is 154 Å². The summed E-state index contributed by atoms with van der Waals surface area (Å²) in [6.45, 7) is 2.07. The summed E-state index contributed by atoms with van der Waals surface area (Å²) in [6, 6.07) is 13.8. The molecule has 4 rings (SSSR count). The molecule has 0 N–H and O–H groups in total. The van der Waals surface area contributed by atoms with Crippen molar-refractivity contribution in [3.8, 4) is 5.75 Å². The number of hydrogen-bond acceptors (Lipinski definition) is 5. The summed E-state index contributed by atoms with van der Waals surface area (Å²) in [7, 11) is 1.65. The smallest absolute Gasteiger partial charge is 0.282 e. The van der Waals surface area contributed by atoms with E-state index in [1.165, 1.54) is 11.0 Å². The number of benzene rings is 2. The van der Waals surface area contributed by atoms with Gasteiger partial charge in [-0.25, -0.2) is 4.98 Å². The maximum atomic E-state index is 12.6. The number of methoxy groups -OCH3 is 1. The SMILES string of the molecule is CCc1cc2c(=O)n(/N=C\c3ccc4cc(OC)ccc4c3)cnc2s1. The van der Waals surface area contributed by atoms with E-state index < -0.39 is 0 Å². The Morgan fingerprint density at radius 3 is 2.81 bits per heavy atom. The van der Waals surface area contributed by atoms with Gasteiger partial charge >= 0.3 is 0 Å². The Balaban J connectivity index is 1.69. The van der Waals surface area contributed by atoms with Crippen molar-refractivity contribution in [3.05, 3.63) is 69.6 Å². The van der Waals surface area contributed by atoms with Crippen LogP contribution in [-0.4, -0.2) is 23.0 Å². The topological polar surface area (TPSA) is 56.5 Å². The van der Waals surface area contributed by atoms with Crippen LogP contribution in [0.1, 0.15) is 17.4 Å². The molecule has 2 heterocycles. The second kappa shape index (κ2) is 6.72. The molecule has 0 spiro atoms. The van der Waals surface area contributed by atoms with Gasteiger partial charge in [0.25, 0.3) is 5.56 Å². The molecule has 0 fully saturated rings. The van der Waals surface area contributed by atoms with Crippen LogP contribution >= 0.6 is 11.3 Å². The zero-order valence-electron chi connectivity index (χ0n) is 14.5. The van der Waals surface area contributed by atoms with E-state index >= 15 is 0 Å². The summed E-state index contributed by atoms with van der Waals surface area (Å²) >= 11 is 1.55. The molecule has 0 aliphatic carbocycles. The van der Waals surface area contributed by atoms with Crippen molar-refractivity contribution in [1.82, 2.24) is 9.66 Å².